The van der Waals surface area contributed by atoms with Crippen LogP contribution in [0.2, 0.25) is 0 Å². The number of para-hydroxylation sites is 1. The first kappa shape index (κ1) is 17.9. The monoisotopic (exact) mass is 462 g/mol. The Hall–Kier alpha value is -1.92. The lowest BCUT2D eigenvalue weighted by Crippen LogP contribution is -2.21. The molecule has 25 heavy (non-hydrogen) atoms. The fraction of sp³-hybridized carbons (Fsp3) is 0.158. The molecule has 128 valence electrons. The first-order chi connectivity index (χ1) is 12.0. The van der Waals surface area contributed by atoms with E-state index in [9.17, 15) is 4.79 Å². The van der Waals surface area contributed by atoms with Gasteiger partial charge in [0, 0.05) is 0 Å². The molecule has 0 saturated carbocycles. The molecule has 0 saturated heterocycles. The van der Waals surface area contributed by atoms with Gasteiger partial charge in [-0.3, -0.25) is 4.79 Å². The number of carbonyl (C=O) groups is 1. The molecular formula is C19H16Br2N2O2. The van der Waals surface area contributed by atoms with Crippen molar-refractivity contribution in [2.24, 2.45) is 5.10 Å². The molecule has 6 heteroatoms. The minimum Gasteiger partial charge on any atom is -0.492 e. The largest absolute Gasteiger partial charge is 0.492 e. The standard InChI is InChI=1S/C19H16Br2N2O2/c1-3-25-18-16(20)10-13(11-17(18)21)9-15-12(2)22-23(19(15)24)14-7-5-4-6-8-14/h4-11H,3H2,1-2H3/b15-9+. The maximum absolute atomic E-state index is 12.8. The third kappa shape index (κ3) is 3.70. The van der Waals surface area contributed by atoms with Crippen molar-refractivity contribution >= 4 is 55.2 Å². The van der Waals surface area contributed by atoms with E-state index in [0.29, 0.717) is 17.9 Å². The SMILES string of the molecule is CCOc1c(Br)cc(/C=C2/C(=O)N(c3ccccc3)N=C2C)cc1Br. The second-order valence-corrected chi connectivity index (χ2v) is 7.15. The van der Waals surface area contributed by atoms with E-state index in [1.54, 1.807) is 0 Å². The zero-order valence-electron chi connectivity index (χ0n) is 13.8. The summed E-state index contributed by atoms with van der Waals surface area (Å²) in [5.41, 5.74) is 2.90. The number of ether oxygens (including phenoxy) is 1. The van der Waals surface area contributed by atoms with Gasteiger partial charge in [0.1, 0.15) is 5.75 Å². The molecular weight excluding hydrogens is 448 g/mol. The highest BCUT2D eigenvalue weighted by Crippen LogP contribution is 2.36. The number of hydrogen-bond donors (Lipinski definition) is 0. The number of anilines is 1. The Labute approximate surface area is 163 Å². The van der Waals surface area contributed by atoms with E-state index in [1.165, 1.54) is 5.01 Å². The summed E-state index contributed by atoms with van der Waals surface area (Å²) in [4.78, 5) is 12.8. The summed E-state index contributed by atoms with van der Waals surface area (Å²) < 4.78 is 7.25. The van der Waals surface area contributed by atoms with Crippen LogP contribution >= 0.6 is 31.9 Å². The van der Waals surface area contributed by atoms with Crippen LogP contribution in [0.25, 0.3) is 6.08 Å². The van der Waals surface area contributed by atoms with Gasteiger partial charge in [-0.1, -0.05) is 18.2 Å². The molecule has 1 amide bonds. The summed E-state index contributed by atoms with van der Waals surface area (Å²) >= 11 is 7.03. The maximum atomic E-state index is 12.8. The quantitative estimate of drug-likeness (QED) is 0.568. The molecule has 2 aromatic rings. The molecule has 1 heterocycles. The normalized spacial score (nSPS) is 15.7. The highest BCUT2D eigenvalue weighted by atomic mass is 79.9. The summed E-state index contributed by atoms with van der Waals surface area (Å²) in [7, 11) is 0. The molecule has 1 aliphatic rings. The second-order valence-electron chi connectivity index (χ2n) is 5.44. The van der Waals surface area contributed by atoms with Crippen LogP contribution in [-0.2, 0) is 4.79 Å². The molecule has 0 unspecified atom stereocenters. The predicted molar refractivity (Wildman–Crippen MR) is 108 cm³/mol. The summed E-state index contributed by atoms with van der Waals surface area (Å²) in [5, 5.41) is 5.82. The van der Waals surface area contributed by atoms with Gasteiger partial charge >= 0.3 is 0 Å². The van der Waals surface area contributed by atoms with E-state index < -0.39 is 0 Å². The van der Waals surface area contributed by atoms with E-state index >= 15 is 0 Å². The zero-order chi connectivity index (χ0) is 18.0. The lowest BCUT2D eigenvalue weighted by atomic mass is 10.1. The van der Waals surface area contributed by atoms with Gasteiger partial charge in [-0.25, -0.2) is 0 Å². The fourth-order valence-electron chi connectivity index (χ4n) is 2.54. The Kier molecular flexibility index (Phi) is 5.39. The van der Waals surface area contributed by atoms with Crippen molar-refractivity contribution in [3.63, 3.8) is 0 Å². The second kappa shape index (κ2) is 7.54. The number of amides is 1. The highest BCUT2D eigenvalue weighted by Gasteiger charge is 2.28. The Morgan fingerprint density at radius 2 is 1.80 bits per heavy atom. The number of hydrazone groups is 1. The minimum atomic E-state index is -0.134. The summed E-state index contributed by atoms with van der Waals surface area (Å²) in [6.45, 7) is 4.35. The van der Waals surface area contributed by atoms with Gasteiger partial charge < -0.3 is 4.74 Å². The number of carbonyl (C=O) groups excluding carboxylic acids is 1. The van der Waals surface area contributed by atoms with E-state index in [0.717, 1.165) is 25.9 Å². The van der Waals surface area contributed by atoms with Gasteiger partial charge in [-0.05, 0) is 81.6 Å². The molecule has 4 nitrogen and oxygen atoms in total. The molecule has 1 aliphatic heterocycles. The third-order valence-electron chi connectivity index (χ3n) is 3.68. The Balaban J connectivity index is 1.95. The molecule has 0 atom stereocenters. The predicted octanol–water partition coefficient (Wildman–Crippen LogP) is 5.42. The van der Waals surface area contributed by atoms with Crippen LogP contribution in [0.4, 0.5) is 5.69 Å². The molecule has 0 aliphatic carbocycles. The summed E-state index contributed by atoms with van der Waals surface area (Å²) in [6, 6.07) is 13.3. The van der Waals surface area contributed by atoms with Crippen LogP contribution in [0.15, 0.2) is 62.1 Å². The van der Waals surface area contributed by atoms with Crippen LogP contribution in [0, 0.1) is 0 Å². The molecule has 2 aromatic carbocycles. The molecule has 0 bridgehead atoms. The number of halogens is 2. The summed E-state index contributed by atoms with van der Waals surface area (Å²) in [6.07, 6.45) is 1.84. The van der Waals surface area contributed by atoms with E-state index in [4.69, 9.17) is 4.74 Å². The Bertz CT molecular complexity index is 853. The average Bonchev–Trinajstić information content (AvgIpc) is 2.87. The summed E-state index contributed by atoms with van der Waals surface area (Å²) in [5.74, 6) is 0.614. The van der Waals surface area contributed by atoms with Crippen molar-refractivity contribution in [3.05, 3.63) is 62.5 Å². The maximum Gasteiger partial charge on any atom is 0.280 e. The van der Waals surface area contributed by atoms with Crippen molar-refractivity contribution < 1.29 is 9.53 Å². The van der Waals surface area contributed by atoms with Gasteiger partial charge in [0.25, 0.3) is 5.91 Å². The van der Waals surface area contributed by atoms with Crippen LogP contribution in [0.3, 0.4) is 0 Å². The van der Waals surface area contributed by atoms with Gasteiger partial charge in [-0.15, -0.1) is 0 Å². The number of nitrogens with zero attached hydrogens (tertiary/aromatic N) is 2. The minimum absolute atomic E-state index is 0.134. The first-order valence-corrected chi connectivity index (χ1v) is 9.38. The number of hydrogen-bond acceptors (Lipinski definition) is 3. The van der Waals surface area contributed by atoms with Crippen molar-refractivity contribution in [2.45, 2.75) is 13.8 Å². The molecule has 3 rings (SSSR count). The molecule has 0 fully saturated rings. The molecule has 0 N–H and O–H groups in total. The fourth-order valence-corrected chi connectivity index (χ4v) is 3.99. The van der Waals surface area contributed by atoms with Crippen LogP contribution in [-0.4, -0.2) is 18.2 Å². The van der Waals surface area contributed by atoms with Gasteiger partial charge in [0.05, 0.1) is 32.5 Å². The van der Waals surface area contributed by atoms with E-state index in [2.05, 4.69) is 37.0 Å². The van der Waals surface area contributed by atoms with Crippen LogP contribution in [0.1, 0.15) is 19.4 Å². The van der Waals surface area contributed by atoms with Gasteiger partial charge in [0.2, 0.25) is 0 Å². The van der Waals surface area contributed by atoms with Crippen molar-refractivity contribution in [2.75, 3.05) is 11.6 Å². The third-order valence-corrected chi connectivity index (χ3v) is 4.86. The van der Waals surface area contributed by atoms with Crippen molar-refractivity contribution in [3.8, 4) is 5.75 Å². The Morgan fingerprint density at radius 3 is 2.40 bits per heavy atom. The highest BCUT2D eigenvalue weighted by molar-refractivity contribution is 9.11. The van der Waals surface area contributed by atoms with E-state index in [-0.39, 0.29) is 5.91 Å². The van der Waals surface area contributed by atoms with E-state index in [1.807, 2.05) is 62.4 Å². The number of rotatable bonds is 4. The zero-order valence-corrected chi connectivity index (χ0v) is 17.0. The van der Waals surface area contributed by atoms with Crippen molar-refractivity contribution in [1.82, 2.24) is 0 Å². The molecule has 0 radical (unpaired) electrons. The van der Waals surface area contributed by atoms with Crippen molar-refractivity contribution in [1.29, 1.82) is 0 Å². The molecule has 0 aromatic heterocycles. The smallest absolute Gasteiger partial charge is 0.280 e. The Morgan fingerprint density at radius 1 is 1.16 bits per heavy atom. The average molecular weight is 464 g/mol. The van der Waals surface area contributed by atoms with Gasteiger partial charge in [-0.2, -0.15) is 10.1 Å². The first-order valence-electron chi connectivity index (χ1n) is 7.80. The van der Waals surface area contributed by atoms with Crippen LogP contribution in [0.5, 0.6) is 5.75 Å². The molecule has 0 spiro atoms. The number of benzene rings is 2. The topological polar surface area (TPSA) is 41.9 Å². The van der Waals surface area contributed by atoms with Gasteiger partial charge in [0.15, 0.2) is 0 Å². The lowest BCUT2D eigenvalue weighted by Gasteiger charge is -2.11. The van der Waals surface area contributed by atoms with Crippen LogP contribution < -0.4 is 9.75 Å². The lowest BCUT2D eigenvalue weighted by molar-refractivity contribution is -0.114.